The first-order valence-corrected chi connectivity index (χ1v) is 7.14. The van der Waals surface area contributed by atoms with Crippen LogP contribution in [0.5, 0.6) is 0 Å². The maximum atomic E-state index is 12.4. The van der Waals surface area contributed by atoms with E-state index >= 15 is 0 Å². The summed E-state index contributed by atoms with van der Waals surface area (Å²) >= 11 is 3.41. The van der Waals surface area contributed by atoms with Crippen molar-refractivity contribution in [1.29, 1.82) is 0 Å². The summed E-state index contributed by atoms with van der Waals surface area (Å²) in [6.07, 6.45) is 5.98. The average molecular weight is 301 g/mol. The Morgan fingerprint density at radius 3 is 2.88 bits per heavy atom. The molecule has 2 rings (SSSR count). The molecule has 0 atom stereocenters. The first kappa shape index (κ1) is 12.6. The Balaban J connectivity index is 2.09. The molecule has 0 aliphatic heterocycles. The van der Waals surface area contributed by atoms with E-state index in [9.17, 15) is 4.79 Å². The van der Waals surface area contributed by atoms with E-state index in [1.54, 1.807) is 6.92 Å². The Kier molecular flexibility index (Phi) is 4.20. The van der Waals surface area contributed by atoms with Gasteiger partial charge >= 0.3 is 0 Å². The molecule has 1 fully saturated rings. The standard InChI is InChI=1S/C12H17BrN2O2/c1-9-11(8-14-17-9)12(16)15(7-3-6-13)10-4-2-5-10/h8,10H,2-7H2,1H3. The van der Waals surface area contributed by atoms with Crippen LogP contribution in [-0.2, 0) is 0 Å². The second kappa shape index (κ2) is 5.67. The van der Waals surface area contributed by atoms with Crippen LogP contribution in [0.3, 0.4) is 0 Å². The Hall–Kier alpha value is -0.840. The van der Waals surface area contributed by atoms with E-state index in [0.717, 1.165) is 31.1 Å². The van der Waals surface area contributed by atoms with Crippen LogP contribution in [0.25, 0.3) is 0 Å². The number of carbonyl (C=O) groups is 1. The van der Waals surface area contributed by atoms with Crippen molar-refractivity contribution in [1.82, 2.24) is 10.1 Å². The lowest BCUT2D eigenvalue weighted by Gasteiger charge is -2.37. The quantitative estimate of drug-likeness (QED) is 0.786. The van der Waals surface area contributed by atoms with Gasteiger partial charge in [0.2, 0.25) is 0 Å². The summed E-state index contributed by atoms with van der Waals surface area (Å²) in [5.41, 5.74) is 0.603. The predicted octanol–water partition coefficient (Wildman–Crippen LogP) is 2.76. The second-order valence-corrected chi connectivity index (χ2v) is 5.21. The molecule has 0 bridgehead atoms. The van der Waals surface area contributed by atoms with E-state index in [0.29, 0.717) is 17.4 Å². The fourth-order valence-corrected chi connectivity index (χ4v) is 2.29. The molecule has 1 aliphatic carbocycles. The number of aromatic nitrogens is 1. The van der Waals surface area contributed by atoms with Gasteiger partial charge in [-0.3, -0.25) is 4.79 Å². The highest BCUT2D eigenvalue weighted by atomic mass is 79.9. The van der Waals surface area contributed by atoms with Crippen molar-refractivity contribution in [2.24, 2.45) is 0 Å². The lowest BCUT2D eigenvalue weighted by molar-refractivity contribution is 0.0579. The molecule has 1 heterocycles. The zero-order valence-corrected chi connectivity index (χ0v) is 11.6. The fourth-order valence-electron chi connectivity index (χ4n) is 2.04. The summed E-state index contributed by atoms with van der Waals surface area (Å²) in [4.78, 5) is 14.4. The minimum Gasteiger partial charge on any atom is -0.361 e. The Morgan fingerprint density at radius 1 is 1.65 bits per heavy atom. The van der Waals surface area contributed by atoms with Crippen LogP contribution < -0.4 is 0 Å². The molecular weight excluding hydrogens is 284 g/mol. The third-order valence-corrected chi connectivity index (χ3v) is 3.85. The Labute approximate surface area is 109 Å². The molecule has 1 aromatic rings. The molecule has 1 aromatic heterocycles. The number of halogens is 1. The second-order valence-electron chi connectivity index (χ2n) is 4.42. The molecule has 1 saturated carbocycles. The van der Waals surface area contributed by atoms with Crippen molar-refractivity contribution in [3.8, 4) is 0 Å². The monoisotopic (exact) mass is 300 g/mol. The minimum atomic E-state index is 0.0643. The molecule has 17 heavy (non-hydrogen) atoms. The van der Waals surface area contributed by atoms with Crippen LogP contribution in [-0.4, -0.2) is 33.9 Å². The van der Waals surface area contributed by atoms with Gasteiger partial charge in [0, 0.05) is 17.9 Å². The van der Waals surface area contributed by atoms with Crippen molar-refractivity contribution >= 4 is 21.8 Å². The average Bonchev–Trinajstić information content (AvgIpc) is 2.67. The van der Waals surface area contributed by atoms with Gasteiger partial charge in [-0.15, -0.1) is 0 Å². The molecular formula is C12H17BrN2O2. The highest BCUT2D eigenvalue weighted by molar-refractivity contribution is 9.09. The van der Waals surface area contributed by atoms with Crippen molar-refractivity contribution in [2.75, 3.05) is 11.9 Å². The van der Waals surface area contributed by atoms with E-state index in [2.05, 4.69) is 21.1 Å². The summed E-state index contributed by atoms with van der Waals surface area (Å²) in [6.45, 7) is 2.59. The van der Waals surface area contributed by atoms with Crippen molar-refractivity contribution < 1.29 is 9.32 Å². The number of rotatable bonds is 5. The van der Waals surface area contributed by atoms with E-state index < -0.39 is 0 Å². The molecule has 1 aliphatic rings. The Morgan fingerprint density at radius 2 is 2.41 bits per heavy atom. The van der Waals surface area contributed by atoms with Crippen molar-refractivity contribution in [3.05, 3.63) is 17.5 Å². The number of aryl methyl sites for hydroxylation is 1. The topological polar surface area (TPSA) is 46.3 Å². The minimum absolute atomic E-state index is 0.0643. The number of nitrogens with zero attached hydrogens (tertiary/aromatic N) is 2. The molecule has 0 N–H and O–H groups in total. The zero-order chi connectivity index (χ0) is 12.3. The molecule has 0 saturated heterocycles. The van der Waals surface area contributed by atoms with Crippen molar-refractivity contribution in [3.63, 3.8) is 0 Å². The predicted molar refractivity (Wildman–Crippen MR) is 68.3 cm³/mol. The molecule has 1 amide bonds. The third-order valence-electron chi connectivity index (χ3n) is 3.29. The number of hydrogen-bond donors (Lipinski definition) is 0. The van der Waals surface area contributed by atoms with Gasteiger partial charge in [0.1, 0.15) is 11.3 Å². The normalized spacial score (nSPS) is 15.6. The molecule has 94 valence electrons. The van der Waals surface area contributed by atoms with Crippen LogP contribution in [0.2, 0.25) is 0 Å². The van der Waals surface area contributed by atoms with E-state index in [1.165, 1.54) is 12.6 Å². The van der Waals surface area contributed by atoms with Crippen LogP contribution in [0.15, 0.2) is 10.7 Å². The number of hydrogen-bond acceptors (Lipinski definition) is 3. The van der Waals surface area contributed by atoms with Crippen LogP contribution in [0.4, 0.5) is 0 Å². The van der Waals surface area contributed by atoms with Gasteiger partial charge in [0.25, 0.3) is 5.91 Å². The number of carbonyl (C=O) groups excluding carboxylic acids is 1. The van der Waals surface area contributed by atoms with Gasteiger partial charge in [-0.05, 0) is 32.6 Å². The summed E-state index contributed by atoms with van der Waals surface area (Å²) in [5, 5.41) is 4.60. The lowest BCUT2D eigenvalue weighted by atomic mass is 9.91. The Bertz CT molecular complexity index is 388. The fraction of sp³-hybridized carbons (Fsp3) is 0.667. The SMILES string of the molecule is Cc1oncc1C(=O)N(CCCBr)C1CCC1. The van der Waals surface area contributed by atoms with Gasteiger partial charge in [0.05, 0.1) is 6.20 Å². The molecule has 0 aromatic carbocycles. The van der Waals surface area contributed by atoms with E-state index in [1.807, 2.05) is 4.90 Å². The molecule has 0 radical (unpaired) electrons. The highest BCUT2D eigenvalue weighted by Crippen LogP contribution is 2.27. The first-order valence-electron chi connectivity index (χ1n) is 6.02. The van der Waals surface area contributed by atoms with Crippen molar-refractivity contribution in [2.45, 2.75) is 38.6 Å². The lowest BCUT2D eigenvalue weighted by Crippen LogP contribution is -2.44. The van der Waals surface area contributed by atoms with Crippen LogP contribution in [0.1, 0.15) is 41.8 Å². The molecule has 0 spiro atoms. The van der Waals surface area contributed by atoms with Gasteiger partial charge in [0.15, 0.2) is 0 Å². The van der Waals surface area contributed by atoms with Gasteiger partial charge in [-0.25, -0.2) is 0 Å². The first-order chi connectivity index (χ1) is 8.24. The van der Waals surface area contributed by atoms with Crippen LogP contribution in [0, 0.1) is 6.92 Å². The zero-order valence-electron chi connectivity index (χ0n) is 9.99. The molecule has 0 unspecified atom stereocenters. The summed E-state index contributed by atoms with van der Waals surface area (Å²) in [7, 11) is 0. The maximum absolute atomic E-state index is 12.4. The number of alkyl halides is 1. The summed E-state index contributed by atoms with van der Waals surface area (Å²) < 4.78 is 4.96. The smallest absolute Gasteiger partial charge is 0.259 e. The third kappa shape index (κ3) is 2.70. The highest BCUT2D eigenvalue weighted by Gasteiger charge is 2.30. The van der Waals surface area contributed by atoms with Crippen LogP contribution >= 0.6 is 15.9 Å². The van der Waals surface area contributed by atoms with E-state index in [4.69, 9.17) is 4.52 Å². The van der Waals surface area contributed by atoms with Gasteiger partial charge < -0.3 is 9.42 Å². The van der Waals surface area contributed by atoms with Gasteiger partial charge in [-0.2, -0.15) is 0 Å². The maximum Gasteiger partial charge on any atom is 0.259 e. The molecule has 5 heteroatoms. The summed E-state index contributed by atoms with van der Waals surface area (Å²) in [5.74, 6) is 0.674. The molecule has 4 nitrogen and oxygen atoms in total. The largest absolute Gasteiger partial charge is 0.361 e. The summed E-state index contributed by atoms with van der Waals surface area (Å²) in [6, 6.07) is 0.413. The number of amides is 1. The van der Waals surface area contributed by atoms with E-state index in [-0.39, 0.29) is 5.91 Å². The van der Waals surface area contributed by atoms with Gasteiger partial charge in [-0.1, -0.05) is 21.1 Å².